The van der Waals surface area contributed by atoms with Gasteiger partial charge >= 0.3 is 5.97 Å². The lowest BCUT2D eigenvalue weighted by Gasteiger charge is -2.36. The van der Waals surface area contributed by atoms with Crippen molar-refractivity contribution in [1.29, 1.82) is 0 Å². The molecule has 1 saturated heterocycles. The molecule has 3 rings (SSSR count). The van der Waals surface area contributed by atoms with Crippen molar-refractivity contribution in [2.45, 2.75) is 18.8 Å². The van der Waals surface area contributed by atoms with Crippen LogP contribution in [-0.2, 0) is 16.0 Å². The molecular formula is C18H19NO3S. The van der Waals surface area contributed by atoms with Crippen molar-refractivity contribution in [3.8, 4) is 0 Å². The van der Waals surface area contributed by atoms with E-state index in [0.29, 0.717) is 25.9 Å². The van der Waals surface area contributed by atoms with Gasteiger partial charge in [0, 0.05) is 19.0 Å². The molecule has 2 heterocycles. The minimum absolute atomic E-state index is 0.00952. The molecule has 5 heteroatoms. The summed E-state index contributed by atoms with van der Waals surface area (Å²) in [5.74, 6) is -1.23. The maximum Gasteiger partial charge on any atom is 0.308 e. The van der Waals surface area contributed by atoms with E-state index in [1.54, 1.807) is 16.2 Å². The highest BCUT2D eigenvalue weighted by Crippen LogP contribution is 2.30. The van der Waals surface area contributed by atoms with Crippen LogP contribution in [0.5, 0.6) is 0 Å². The van der Waals surface area contributed by atoms with Crippen molar-refractivity contribution >= 4 is 23.2 Å². The van der Waals surface area contributed by atoms with E-state index in [1.807, 2.05) is 47.2 Å². The van der Waals surface area contributed by atoms with Crippen LogP contribution in [0, 0.1) is 5.92 Å². The lowest BCUT2D eigenvalue weighted by molar-refractivity contribution is -0.146. The van der Waals surface area contributed by atoms with Crippen LogP contribution in [0.2, 0.25) is 0 Å². The van der Waals surface area contributed by atoms with Crippen molar-refractivity contribution in [2.75, 3.05) is 13.1 Å². The van der Waals surface area contributed by atoms with Crippen LogP contribution < -0.4 is 0 Å². The van der Waals surface area contributed by atoms with E-state index < -0.39 is 11.9 Å². The van der Waals surface area contributed by atoms with Crippen LogP contribution >= 0.6 is 11.3 Å². The van der Waals surface area contributed by atoms with Gasteiger partial charge in [0.1, 0.15) is 0 Å². The second-order valence-corrected chi connectivity index (χ2v) is 6.77. The number of likely N-dealkylation sites (tertiary alicyclic amines) is 1. The van der Waals surface area contributed by atoms with Gasteiger partial charge in [0.2, 0.25) is 5.91 Å². The Balaban J connectivity index is 1.76. The Morgan fingerprint density at radius 3 is 2.61 bits per heavy atom. The average molecular weight is 329 g/mol. The van der Waals surface area contributed by atoms with Gasteiger partial charge in [0.15, 0.2) is 0 Å². The molecule has 2 aromatic rings. The normalized spacial score (nSPS) is 21.1. The number of piperidine rings is 1. The number of carboxylic acid groups (broad SMARTS) is 1. The summed E-state index contributed by atoms with van der Waals surface area (Å²) in [5.41, 5.74) is 2.10. The number of carboxylic acids is 1. The molecular weight excluding hydrogens is 310 g/mol. The molecule has 1 aromatic carbocycles. The molecule has 1 aliphatic rings. The zero-order valence-electron chi connectivity index (χ0n) is 12.7. The molecule has 1 fully saturated rings. The zero-order chi connectivity index (χ0) is 16.2. The molecule has 0 radical (unpaired) electrons. The van der Waals surface area contributed by atoms with E-state index in [4.69, 9.17) is 0 Å². The van der Waals surface area contributed by atoms with Gasteiger partial charge in [0.25, 0.3) is 0 Å². The summed E-state index contributed by atoms with van der Waals surface area (Å²) < 4.78 is 0. The molecule has 0 bridgehead atoms. The molecule has 1 aliphatic heterocycles. The number of thiophene rings is 1. The Bertz CT molecular complexity index is 669. The van der Waals surface area contributed by atoms with Gasteiger partial charge in [-0.2, -0.15) is 11.3 Å². The maximum absolute atomic E-state index is 12.5. The number of nitrogens with zero attached hydrogens (tertiary/aromatic N) is 1. The van der Waals surface area contributed by atoms with Crippen molar-refractivity contribution in [1.82, 2.24) is 4.90 Å². The highest BCUT2D eigenvalue weighted by atomic mass is 32.1. The third kappa shape index (κ3) is 3.79. The highest BCUT2D eigenvalue weighted by molar-refractivity contribution is 7.08. The predicted molar refractivity (Wildman–Crippen MR) is 89.5 cm³/mol. The number of aliphatic carboxylic acids is 1. The lowest BCUT2D eigenvalue weighted by atomic mass is 9.84. The summed E-state index contributed by atoms with van der Waals surface area (Å²) in [7, 11) is 0. The number of hydrogen-bond acceptors (Lipinski definition) is 3. The Kier molecular flexibility index (Phi) is 4.76. The third-order valence-electron chi connectivity index (χ3n) is 4.36. The summed E-state index contributed by atoms with van der Waals surface area (Å²) in [6.45, 7) is 0.901. The second kappa shape index (κ2) is 6.96. The van der Waals surface area contributed by atoms with Crippen LogP contribution in [-0.4, -0.2) is 35.0 Å². The van der Waals surface area contributed by atoms with Crippen molar-refractivity contribution in [3.63, 3.8) is 0 Å². The number of rotatable bonds is 4. The van der Waals surface area contributed by atoms with Gasteiger partial charge in [-0.05, 0) is 34.4 Å². The quantitative estimate of drug-likeness (QED) is 0.938. The number of benzene rings is 1. The summed E-state index contributed by atoms with van der Waals surface area (Å²) >= 11 is 1.57. The Hall–Kier alpha value is -2.14. The first kappa shape index (κ1) is 15.7. The van der Waals surface area contributed by atoms with E-state index in [-0.39, 0.29) is 11.8 Å². The fourth-order valence-corrected chi connectivity index (χ4v) is 3.80. The van der Waals surface area contributed by atoms with Crippen LogP contribution in [0.1, 0.15) is 23.5 Å². The second-order valence-electron chi connectivity index (χ2n) is 5.99. The lowest BCUT2D eigenvalue weighted by Crippen LogP contribution is -2.46. The molecule has 1 amide bonds. The molecule has 23 heavy (non-hydrogen) atoms. The summed E-state index contributed by atoms with van der Waals surface area (Å²) in [6, 6.07) is 11.8. The van der Waals surface area contributed by atoms with Crippen LogP contribution in [0.3, 0.4) is 0 Å². The van der Waals surface area contributed by atoms with E-state index in [2.05, 4.69) is 0 Å². The standard InChI is InChI=1S/C18H19NO3S/c20-17(8-13-6-7-23-12-13)19-10-15(9-16(11-19)18(21)22)14-4-2-1-3-5-14/h1-7,12,15-16H,8-11H2,(H,21,22)/t15-,16-/m1/s1. The summed E-state index contributed by atoms with van der Waals surface area (Å²) in [5, 5.41) is 13.3. The van der Waals surface area contributed by atoms with Gasteiger partial charge in [-0.25, -0.2) is 0 Å². The van der Waals surface area contributed by atoms with E-state index in [9.17, 15) is 14.7 Å². The molecule has 0 spiro atoms. The first-order valence-electron chi connectivity index (χ1n) is 7.70. The summed E-state index contributed by atoms with van der Waals surface area (Å²) in [4.78, 5) is 25.7. The summed E-state index contributed by atoms with van der Waals surface area (Å²) in [6.07, 6.45) is 0.929. The van der Waals surface area contributed by atoms with E-state index in [0.717, 1.165) is 11.1 Å². The molecule has 120 valence electrons. The Morgan fingerprint density at radius 2 is 1.96 bits per heavy atom. The average Bonchev–Trinajstić information content (AvgIpc) is 3.08. The maximum atomic E-state index is 12.5. The van der Waals surface area contributed by atoms with Crippen molar-refractivity contribution in [2.24, 2.45) is 5.92 Å². The molecule has 0 aliphatic carbocycles. The Morgan fingerprint density at radius 1 is 1.17 bits per heavy atom. The molecule has 1 aromatic heterocycles. The van der Waals surface area contributed by atoms with Crippen LogP contribution in [0.25, 0.3) is 0 Å². The molecule has 0 unspecified atom stereocenters. The molecule has 2 atom stereocenters. The van der Waals surface area contributed by atoms with Gasteiger partial charge < -0.3 is 10.0 Å². The Labute approximate surface area is 139 Å². The number of hydrogen-bond donors (Lipinski definition) is 1. The molecule has 4 nitrogen and oxygen atoms in total. The van der Waals surface area contributed by atoms with Crippen molar-refractivity contribution < 1.29 is 14.7 Å². The van der Waals surface area contributed by atoms with Gasteiger partial charge in [-0.3, -0.25) is 9.59 Å². The predicted octanol–water partition coefficient (Wildman–Crippen LogP) is 3.01. The van der Waals surface area contributed by atoms with Crippen LogP contribution in [0.15, 0.2) is 47.2 Å². The van der Waals surface area contributed by atoms with Gasteiger partial charge in [-0.1, -0.05) is 30.3 Å². The SMILES string of the molecule is O=C(O)[C@@H]1C[C@@H](c2ccccc2)CN(C(=O)Cc2ccsc2)C1. The fourth-order valence-electron chi connectivity index (χ4n) is 3.13. The largest absolute Gasteiger partial charge is 0.481 e. The number of amides is 1. The number of carbonyl (C=O) groups is 2. The first-order valence-corrected chi connectivity index (χ1v) is 8.64. The molecule has 0 saturated carbocycles. The smallest absolute Gasteiger partial charge is 0.308 e. The first-order chi connectivity index (χ1) is 11.1. The van der Waals surface area contributed by atoms with Gasteiger partial charge in [-0.15, -0.1) is 0 Å². The topological polar surface area (TPSA) is 57.6 Å². The minimum Gasteiger partial charge on any atom is -0.481 e. The fraction of sp³-hybridized carbons (Fsp3) is 0.333. The third-order valence-corrected chi connectivity index (χ3v) is 5.09. The monoisotopic (exact) mass is 329 g/mol. The zero-order valence-corrected chi connectivity index (χ0v) is 13.5. The van der Waals surface area contributed by atoms with Crippen LogP contribution in [0.4, 0.5) is 0 Å². The highest BCUT2D eigenvalue weighted by Gasteiger charge is 2.34. The molecule has 1 N–H and O–H groups in total. The van der Waals surface area contributed by atoms with Gasteiger partial charge in [0.05, 0.1) is 12.3 Å². The van der Waals surface area contributed by atoms with E-state index >= 15 is 0 Å². The minimum atomic E-state index is -0.820. The van der Waals surface area contributed by atoms with E-state index in [1.165, 1.54) is 0 Å². The van der Waals surface area contributed by atoms with Crippen molar-refractivity contribution in [3.05, 3.63) is 58.3 Å². The number of carbonyl (C=O) groups excluding carboxylic acids is 1.